The SMILES string of the molecule is CC(O)CC(O)CC1(O)CCCC1. The molecule has 2 unspecified atom stereocenters. The Morgan fingerprint density at radius 1 is 1.23 bits per heavy atom. The van der Waals surface area contributed by atoms with Crippen LogP contribution in [0.25, 0.3) is 0 Å². The van der Waals surface area contributed by atoms with Crippen molar-refractivity contribution in [1.82, 2.24) is 0 Å². The van der Waals surface area contributed by atoms with Gasteiger partial charge in [-0.2, -0.15) is 0 Å². The van der Waals surface area contributed by atoms with Gasteiger partial charge in [0, 0.05) is 6.42 Å². The van der Waals surface area contributed by atoms with Gasteiger partial charge >= 0.3 is 0 Å². The first-order valence-electron chi connectivity index (χ1n) is 5.10. The smallest absolute Gasteiger partial charge is 0.0672 e. The van der Waals surface area contributed by atoms with Crippen molar-refractivity contribution in [3.8, 4) is 0 Å². The molecular formula is C10H20O3. The van der Waals surface area contributed by atoms with Crippen molar-refractivity contribution in [1.29, 1.82) is 0 Å². The summed E-state index contributed by atoms with van der Waals surface area (Å²) in [6, 6.07) is 0. The summed E-state index contributed by atoms with van der Waals surface area (Å²) in [5.41, 5.74) is -0.658. The summed E-state index contributed by atoms with van der Waals surface area (Å²) >= 11 is 0. The van der Waals surface area contributed by atoms with Crippen LogP contribution in [0.1, 0.15) is 45.4 Å². The molecule has 0 aromatic rings. The van der Waals surface area contributed by atoms with Gasteiger partial charge in [0.1, 0.15) is 0 Å². The lowest BCUT2D eigenvalue weighted by atomic mass is 9.92. The average Bonchev–Trinajstić information content (AvgIpc) is 2.33. The second-order valence-corrected chi connectivity index (χ2v) is 4.37. The highest BCUT2D eigenvalue weighted by Crippen LogP contribution is 2.33. The highest BCUT2D eigenvalue weighted by atomic mass is 16.3. The number of hydrogen-bond donors (Lipinski definition) is 3. The van der Waals surface area contributed by atoms with E-state index in [1.807, 2.05) is 0 Å². The van der Waals surface area contributed by atoms with E-state index in [-0.39, 0.29) is 0 Å². The van der Waals surface area contributed by atoms with Crippen LogP contribution in [0.4, 0.5) is 0 Å². The van der Waals surface area contributed by atoms with Crippen LogP contribution in [0.3, 0.4) is 0 Å². The Morgan fingerprint density at radius 2 is 1.77 bits per heavy atom. The van der Waals surface area contributed by atoms with Gasteiger partial charge in [-0.15, -0.1) is 0 Å². The van der Waals surface area contributed by atoms with Gasteiger partial charge in [-0.05, 0) is 26.2 Å². The van der Waals surface area contributed by atoms with Crippen molar-refractivity contribution >= 4 is 0 Å². The summed E-state index contributed by atoms with van der Waals surface area (Å²) < 4.78 is 0. The lowest BCUT2D eigenvalue weighted by molar-refractivity contribution is -0.0180. The molecule has 1 saturated carbocycles. The van der Waals surface area contributed by atoms with Crippen LogP contribution in [0.2, 0.25) is 0 Å². The first-order chi connectivity index (χ1) is 6.02. The fourth-order valence-corrected chi connectivity index (χ4v) is 2.15. The van der Waals surface area contributed by atoms with Gasteiger partial charge < -0.3 is 15.3 Å². The van der Waals surface area contributed by atoms with Gasteiger partial charge in [-0.1, -0.05) is 12.8 Å². The van der Waals surface area contributed by atoms with E-state index in [2.05, 4.69) is 0 Å². The van der Waals surface area contributed by atoms with Gasteiger partial charge in [-0.3, -0.25) is 0 Å². The second-order valence-electron chi connectivity index (χ2n) is 4.37. The average molecular weight is 188 g/mol. The van der Waals surface area contributed by atoms with E-state index in [0.717, 1.165) is 25.7 Å². The van der Waals surface area contributed by atoms with E-state index >= 15 is 0 Å². The van der Waals surface area contributed by atoms with Crippen LogP contribution in [0, 0.1) is 0 Å². The molecule has 13 heavy (non-hydrogen) atoms. The zero-order valence-electron chi connectivity index (χ0n) is 8.24. The first-order valence-corrected chi connectivity index (χ1v) is 5.10. The molecule has 0 aromatic carbocycles. The molecule has 1 aliphatic carbocycles. The Bertz CT molecular complexity index is 150. The van der Waals surface area contributed by atoms with E-state index in [1.54, 1.807) is 6.92 Å². The third-order valence-corrected chi connectivity index (χ3v) is 2.76. The molecule has 0 aromatic heterocycles. The third-order valence-electron chi connectivity index (χ3n) is 2.76. The van der Waals surface area contributed by atoms with Crippen LogP contribution < -0.4 is 0 Å². The van der Waals surface area contributed by atoms with Gasteiger partial charge in [0.15, 0.2) is 0 Å². The van der Waals surface area contributed by atoms with Crippen LogP contribution in [0.15, 0.2) is 0 Å². The standard InChI is InChI=1S/C10H20O3/c1-8(11)6-9(12)7-10(13)4-2-3-5-10/h8-9,11-13H,2-7H2,1H3. The molecule has 0 amide bonds. The monoisotopic (exact) mass is 188 g/mol. The van der Waals surface area contributed by atoms with E-state index in [9.17, 15) is 10.2 Å². The van der Waals surface area contributed by atoms with Crippen molar-refractivity contribution in [2.75, 3.05) is 0 Å². The summed E-state index contributed by atoms with van der Waals surface area (Å²) in [6.07, 6.45) is 3.42. The quantitative estimate of drug-likeness (QED) is 0.612. The molecule has 0 saturated heterocycles. The molecule has 3 N–H and O–H groups in total. The van der Waals surface area contributed by atoms with Crippen molar-refractivity contribution in [3.05, 3.63) is 0 Å². The fraction of sp³-hybridized carbons (Fsp3) is 1.00. The molecule has 1 fully saturated rings. The minimum absolute atomic E-state index is 0.363. The Hall–Kier alpha value is -0.120. The molecule has 0 radical (unpaired) electrons. The fourth-order valence-electron chi connectivity index (χ4n) is 2.15. The molecule has 3 nitrogen and oxygen atoms in total. The normalized spacial score (nSPS) is 25.8. The van der Waals surface area contributed by atoms with Crippen LogP contribution in [0.5, 0.6) is 0 Å². The van der Waals surface area contributed by atoms with Crippen LogP contribution >= 0.6 is 0 Å². The van der Waals surface area contributed by atoms with Gasteiger partial charge in [-0.25, -0.2) is 0 Å². The Labute approximate surface area is 79.4 Å². The predicted molar refractivity (Wildman–Crippen MR) is 50.3 cm³/mol. The molecule has 0 bridgehead atoms. The van der Waals surface area contributed by atoms with Crippen LogP contribution in [-0.4, -0.2) is 33.1 Å². The molecular weight excluding hydrogens is 168 g/mol. The molecule has 0 aliphatic heterocycles. The Balaban J connectivity index is 2.29. The lowest BCUT2D eigenvalue weighted by Gasteiger charge is -2.25. The van der Waals surface area contributed by atoms with Crippen molar-refractivity contribution in [3.63, 3.8) is 0 Å². The highest BCUT2D eigenvalue weighted by molar-refractivity contribution is 4.86. The molecule has 3 heteroatoms. The minimum atomic E-state index is -0.658. The summed E-state index contributed by atoms with van der Waals surface area (Å²) in [4.78, 5) is 0. The third kappa shape index (κ3) is 3.63. The molecule has 1 aliphatic rings. The largest absolute Gasteiger partial charge is 0.393 e. The molecule has 0 heterocycles. The predicted octanol–water partition coefficient (Wildman–Crippen LogP) is 0.813. The van der Waals surface area contributed by atoms with Gasteiger partial charge in [0.2, 0.25) is 0 Å². The molecule has 2 atom stereocenters. The number of rotatable bonds is 4. The van der Waals surface area contributed by atoms with Crippen molar-refractivity contribution < 1.29 is 15.3 Å². The summed E-state index contributed by atoms with van der Waals surface area (Å²) in [5, 5.41) is 28.5. The number of hydrogen-bond acceptors (Lipinski definition) is 3. The van der Waals surface area contributed by atoms with Gasteiger partial charge in [0.25, 0.3) is 0 Å². The summed E-state index contributed by atoms with van der Waals surface area (Å²) in [5.74, 6) is 0. The topological polar surface area (TPSA) is 60.7 Å². The molecule has 1 rings (SSSR count). The maximum Gasteiger partial charge on any atom is 0.0672 e. The van der Waals surface area contributed by atoms with Crippen molar-refractivity contribution in [2.24, 2.45) is 0 Å². The van der Waals surface area contributed by atoms with E-state index in [1.165, 1.54) is 0 Å². The lowest BCUT2D eigenvalue weighted by Crippen LogP contribution is -2.31. The zero-order valence-corrected chi connectivity index (χ0v) is 8.24. The highest BCUT2D eigenvalue weighted by Gasteiger charge is 2.33. The van der Waals surface area contributed by atoms with Gasteiger partial charge in [0.05, 0.1) is 17.8 Å². The zero-order chi connectivity index (χ0) is 9.90. The minimum Gasteiger partial charge on any atom is -0.393 e. The maximum atomic E-state index is 9.93. The van der Waals surface area contributed by atoms with E-state index in [0.29, 0.717) is 12.8 Å². The van der Waals surface area contributed by atoms with Crippen molar-refractivity contribution in [2.45, 2.75) is 63.3 Å². The molecule has 0 spiro atoms. The number of aliphatic hydroxyl groups is 3. The first kappa shape index (κ1) is 11.0. The Morgan fingerprint density at radius 3 is 2.23 bits per heavy atom. The maximum absolute atomic E-state index is 9.93. The summed E-state index contributed by atoms with van der Waals surface area (Å²) in [6.45, 7) is 1.65. The number of aliphatic hydroxyl groups excluding tert-OH is 2. The van der Waals surface area contributed by atoms with E-state index < -0.39 is 17.8 Å². The van der Waals surface area contributed by atoms with E-state index in [4.69, 9.17) is 5.11 Å². The summed E-state index contributed by atoms with van der Waals surface area (Å²) in [7, 11) is 0. The van der Waals surface area contributed by atoms with Crippen LogP contribution in [-0.2, 0) is 0 Å². The Kier molecular flexibility index (Phi) is 3.71. The molecule has 78 valence electrons. The second kappa shape index (κ2) is 4.40.